The fourth-order valence-corrected chi connectivity index (χ4v) is 1.85. The molecule has 0 aromatic heterocycles. The van der Waals surface area contributed by atoms with Crippen LogP contribution in [0.5, 0.6) is 0 Å². The third-order valence-corrected chi connectivity index (χ3v) is 3.41. The van der Waals surface area contributed by atoms with Gasteiger partial charge in [0.15, 0.2) is 5.96 Å². The molecule has 1 aromatic rings. The van der Waals surface area contributed by atoms with Crippen LogP contribution < -0.4 is 5.73 Å². The Morgan fingerprint density at radius 2 is 1.88 bits per heavy atom. The molecule has 4 nitrogen and oxygen atoms in total. The summed E-state index contributed by atoms with van der Waals surface area (Å²) in [4.78, 5) is 6.96. The quantitative estimate of drug-likeness (QED) is 0.653. The van der Waals surface area contributed by atoms with E-state index in [1.165, 1.54) is 0 Å². The summed E-state index contributed by atoms with van der Waals surface area (Å²) in [6.07, 6.45) is 1.67. The molecule has 2 atom stereocenters. The molecule has 0 amide bonds. The lowest BCUT2D eigenvalue weighted by Crippen LogP contribution is -2.30. The van der Waals surface area contributed by atoms with Crippen molar-refractivity contribution in [2.75, 3.05) is 20.4 Å². The van der Waals surface area contributed by atoms with E-state index < -0.39 is 10.8 Å². The number of hydrogen-bond donors (Lipinski definition) is 1. The first-order valence-electron chi connectivity index (χ1n) is 5.35. The lowest BCUT2D eigenvalue weighted by Gasteiger charge is -2.14. The highest BCUT2D eigenvalue weighted by atomic mass is 32.2. The molecule has 0 heterocycles. The smallest absolute Gasteiger partial charge is 0.191 e. The molecule has 0 spiro atoms. The molecule has 2 unspecified atom stereocenters. The minimum absolute atomic E-state index is 0.00302. The fraction of sp³-hybridized carbons (Fsp3) is 0.417. The summed E-state index contributed by atoms with van der Waals surface area (Å²) in [5.74, 6) is 0.501. The van der Waals surface area contributed by atoms with Crippen molar-refractivity contribution in [3.63, 3.8) is 0 Å². The van der Waals surface area contributed by atoms with Gasteiger partial charge < -0.3 is 10.6 Å². The number of hydrogen-bond acceptors (Lipinski definition) is 2. The molecule has 5 heteroatoms. The van der Waals surface area contributed by atoms with Crippen LogP contribution in [0.25, 0.3) is 0 Å². The van der Waals surface area contributed by atoms with Crippen molar-refractivity contribution >= 4 is 16.8 Å². The second-order valence-corrected chi connectivity index (χ2v) is 5.46. The maximum absolute atomic E-state index is 11.3. The van der Waals surface area contributed by atoms with Crippen LogP contribution in [-0.2, 0) is 10.8 Å². The standard InChI is InChI=1S/C12H19N3OS/c1-9(14-12(13)15(2)3)10-5-7-11(8-6-10)17(4)16/h5-9H,1-4H3,(H2,13,14). The SMILES string of the molecule is CC(N=C(N)N(C)C)c1ccc(S(C)=O)cc1. The Kier molecular flexibility index (Phi) is 4.69. The number of nitrogens with zero attached hydrogens (tertiary/aromatic N) is 2. The van der Waals surface area contributed by atoms with Gasteiger partial charge in [0.05, 0.1) is 6.04 Å². The molecule has 17 heavy (non-hydrogen) atoms. The summed E-state index contributed by atoms with van der Waals surface area (Å²) in [6.45, 7) is 1.98. The first kappa shape index (κ1) is 13.7. The second-order valence-electron chi connectivity index (χ2n) is 4.08. The van der Waals surface area contributed by atoms with Gasteiger partial charge in [-0.25, -0.2) is 4.99 Å². The van der Waals surface area contributed by atoms with Gasteiger partial charge in [0.2, 0.25) is 0 Å². The molecule has 0 bridgehead atoms. The van der Waals surface area contributed by atoms with Crippen molar-refractivity contribution in [2.24, 2.45) is 10.7 Å². The first-order valence-corrected chi connectivity index (χ1v) is 6.91. The van der Waals surface area contributed by atoms with Crippen LogP contribution in [0.1, 0.15) is 18.5 Å². The van der Waals surface area contributed by atoms with Gasteiger partial charge >= 0.3 is 0 Å². The van der Waals surface area contributed by atoms with Crippen molar-refractivity contribution in [1.82, 2.24) is 4.90 Å². The summed E-state index contributed by atoms with van der Waals surface area (Å²) < 4.78 is 11.3. The zero-order valence-corrected chi connectivity index (χ0v) is 11.5. The Bertz CT molecular complexity index is 426. The van der Waals surface area contributed by atoms with E-state index in [9.17, 15) is 4.21 Å². The predicted octanol–water partition coefficient (Wildman–Crippen LogP) is 1.36. The van der Waals surface area contributed by atoms with Gasteiger partial charge in [0, 0.05) is 36.0 Å². The molecule has 0 saturated carbocycles. The van der Waals surface area contributed by atoms with Crippen LogP contribution in [0.4, 0.5) is 0 Å². The Labute approximate surface area is 105 Å². The van der Waals surface area contributed by atoms with E-state index in [0.29, 0.717) is 5.96 Å². The molecular formula is C12H19N3OS. The highest BCUT2D eigenvalue weighted by molar-refractivity contribution is 7.84. The normalized spacial score (nSPS) is 15.4. The van der Waals surface area contributed by atoms with Crippen molar-refractivity contribution in [1.29, 1.82) is 0 Å². The molecule has 2 N–H and O–H groups in total. The molecule has 94 valence electrons. The van der Waals surface area contributed by atoms with Crippen LogP contribution in [0, 0.1) is 0 Å². The Morgan fingerprint density at radius 1 is 1.35 bits per heavy atom. The number of rotatable bonds is 3. The Hall–Kier alpha value is -1.36. The van der Waals surface area contributed by atoms with Gasteiger partial charge in [0.25, 0.3) is 0 Å². The van der Waals surface area contributed by atoms with Gasteiger partial charge in [-0.15, -0.1) is 0 Å². The van der Waals surface area contributed by atoms with Crippen LogP contribution in [0.15, 0.2) is 34.2 Å². The van der Waals surface area contributed by atoms with Crippen LogP contribution >= 0.6 is 0 Å². The highest BCUT2D eigenvalue weighted by Crippen LogP contribution is 2.18. The topological polar surface area (TPSA) is 58.7 Å². The number of nitrogens with two attached hydrogens (primary N) is 1. The van der Waals surface area contributed by atoms with Crippen LogP contribution in [0.2, 0.25) is 0 Å². The summed E-state index contributed by atoms with van der Waals surface area (Å²) >= 11 is 0. The molecule has 0 aliphatic heterocycles. The van der Waals surface area contributed by atoms with Crippen LogP contribution in [-0.4, -0.2) is 35.4 Å². The van der Waals surface area contributed by atoms with Gasteiger partial charge in [0.1, 0.15) is 0 Å². The average molecular weight is 253 g/mol. The zero-order valence-electron chi connectivity index (χ0n) is 10.7. The molecule has 1 rings (SSSR count). The lowest BCUT2D eigenvalue weighted by molar-refractivity contribution is 0.601. The molecule has 0 aliphatic carbocycles. The van der Waals surface area contributed by atoms with Gasteiger partial charge in [-0.05, 0) is 24.6 Å². The second kappa shape index (κ2) is 5.82. The average Bonchev–Trinajstić information content (AvgIpc) is 2.28. The predicted molar refractivity (Wildman–Crippen MR) is 72.5 cm³/mol. The molecular weight excluding hydrogens is 234 g/mol. The van der Waals surface area contributed by atoms with E-state index in [4.69, 9.17) is 5.73 Å². The van der Waals surface area contributed by atoms with Crippen molar-refractivity contribution < 1.29 is 4.21 Å². The third-order valence-electron chi connectivity index (χ3n) is 2.48. The molecule has 0 fully saturated rings. The molecule has 0 radical (unpaired) electrons. The summed E-state index contributed by atoms with van der Waals surface area (Å²) in [6, 6.07) is 7.60. The van der Waals surface area contributed by atoms with Crippen molar-refractivity contribution in [2.45, 2.75) is 17.9 Å². The number of guanidine groups is 1. The van der Waals surface area contributed by atoms with E-state index in [1.54, 1.807) is 11.2 Å². The third kappa shape index (κ3) is 3.85. The minimum Gasteiger partial charge on any atom is -0.370 e. The van der Waals surface area contributed by atoms with Gasteiger partial charge in [-0.3, -0.25) is 4.21 Å². The van der Waals surface area contributed by atoms with Gasteiger partial charge in [-0.1, -0.05) is 12.1 Å². The van der Waals surface area contributed by atoms with E-state index >= 15 is 0 Å². The maximum Gasteiger partial charge on any atom is 0.191 e. The van der Waals surface area contributed by atoms with Crippen LogP contribution in [0.3, 0.4) is 0 Å². The summed E-state index contributed by atoms with van der Waals surface area (Å²) in [7, 11) is 2.77. The van der Waals surface area contributed by atoms with E-state index in [0.717, 1.165) is 10.5 Å². The first-order chi connectivity index (χ1) is 7.91. The van der Waals surface area contributed by atoms with Gasteiger partial charge in [-0.2, -0.15) is 0 Å². The number of aliphatic imine (C=N–C) groups is 1. The molecule has 1 aromatic carbocycles. The molecule has 0 saturated heterocycles. The van der Waals surface area contributed by atoms with E-state index in [2.05, 4.69) is 4.99 Å². The summed E-state index contributed by atoms with van der Waals surface area (Å²) in [5, 5.41) is 0. The van der Waals surface area contributed by atoms with E-state index in [-0.39, 0.29) is 6.04 Å². The largest absolute Gasteiger partial charge is 0.370 e. The summed E-state index contributed by atoms with van der Waals surface area (Å²) in [5.41, 5.74) is 6.82. The Morgan fingerprint density at radius 3 is 2.29 bits per heavy atom. The Balaban J connectivity index is 2.87. The minimum atomic E-state index is -0.937. The maximum atomic E-state index is 11.3. The highest BCUT2D eigenvalue weighted by Gasteiger charge is 2.06. The fourth-order valence-electron chi connectivity index (χ4n) is 1.33. The van der Waals surface area contributed by atoms with E-state index in [1.807, 2.05) is 45.3 Å². The van der Waals surface area contributed by atoms with Crippen molar-refractivity contribution in [3.05, 3.63) is 29.8 Å². The van der Waals surface area contributed by atoms with Crippen molar-refractivity contribution in [3.8, 4) is 0 Å². The lowest BCUT2D eigenvalue weighted by atomic mass is 10.1. The molecule has 0 aliphatic rings. The zero-order chi connectivity index (χ0) is 13.0. The number of benzene rings is 1. The monoisotopic (exact) mass is 253 g/mol.